The fourth-order valence-electron chi connectivity index (χ4n) is 3.04. The maximum atomic E-state index is 12.4. The number of para-hydroxylation sites is 2. The Bertz CT molecular complexity index is 853. The molecule has 0 atom stereocenters. The number of H-pyrrole nitrogens is 1. The Balaban J connectivity index is 1.42. The maximum Gasteiger partial charge on any atom is 0.323 e. The van der Waals surface area contributed by atoms with Crippen molar-refractivity contribution in [1.82, 2.24) is 20.0 Å². The van der Waals surface area contributed by atoms with Crippen molar-refractivity contribution < 1.29 is 9.32 Å². The number of aryl methyl sites for hydroxylation is 1. The summed E-state index contributed by atoms with van der Waals surface area (Å²) in [4.78, 5) is 24.4. The summed E-state index contributed by atoms with van der Waals surface area (Å²) in [5, 5.41) is 6.58. The number of aromatic nitrogens is 3. The Morgan fingerprint density at radius 2 is 2.12 bits per heavy atom. The predicted octanol–water partition coefficient (Wildman–Crippen LogP) is 2.60. The second kappa shape index (κ2) is 6.46. The second-order valence-corrected chi connectivity index (χ2v) is 6.16. The topological polar surface area (TPSA) is 90.3 Å². The van der Waals surface area contributed by atoms with Gasteiger partial charge in [-0.25, -0.2) is 9.78 Å². The molecule has 1 saturated heterocycles. The van der Waals surface area contributed by atoms with E-state index in [4.69, 9.17) is 4.52 Å². The molecule has 0 spiro atoms. The monoisotopic (exact) mass is 340 g/mol. The SMILES string of the molecule is Cc1cc(NC(=O)N2CCCN(c3nc4ccccc4[nH]3)CC2)no1. The van der Waals surface area contributed by atoms with Crippen molar-refractivity contribution in [3.63, 3.8) is 0 Å². The van der Waals surface area contributed by atoms with Crippen LogP contribution in [0.3, 0.4) is 0 Å². The van der Waals surface area contributed by atoms with Gasteiger partial charge in [0.1, 0.15) is 5.76 Å². The first kappa shape index (κ1) is 15.5. The Morgan fingerprint density at radius 1 is 1.24 bits per heavy atom. The van der Waals surface area contributed by atoms with Crippen LogP contribution in [0, 0.1) is 6.92 Å². The molecule has 25 heavy (non-hydrogen) atoms. The standard InChI is InChI=1S/C17H20N6O2/c1-12-11-15(21-25-12)20-17(24)23-8-4-7-22(9-10-23)16-18-13-5-2-3-6-14(13)19-16/h2-3,5-6,11H,4,7-10H2,1H3,(H,18,19)(H,20,21,24). The number of aromatic amines is 1. The number of anilines is 2. The summed E-state index contributed by atoms with van der Waals surface area (Å²) >= 11 is 0. The van der Waals surface area contributed by atoms with Crippen LogP contribution in [0.1, 0.15) is 12.2 Å². The third-order valence-corrected chi connectivity index (χ3v) is 4.32. The van der Waals surface area contributed by atoms with Gasteiger partial charge in [-0.3, -0.25) is 5.32 Å². The van der Waals surface area contributed by atoms with Crippen LogP contribution in [-0.2, 0) is 0 Å². The molecule has 8 nitrogen and oxygen atoms in total. The molecule has 130 valence electrons. The summed E-state index contributed by atoms with van der Waals surface area (Å²) in [6.07, 6.45) is 0.877. The molecule has 1 aromatic carbocycles. The zero-order valence-electron chi connectivity index (χ0n) is 14.0. The second-order valence-electron chi connectivity index (χ2n) is 6.16. The molecule has 0 radical (unpaired) electrons. The lowest BCUT2D eigenvalue weighted by Crippen LogP contribution is -2.38. The number of fused-ring (bicyclic) bond motifs is 1. The zero-order chi connectivity index (χ0) is 17.2. The number of amides is 2. The van der Waals surface area contributed by atoms with Crippen LogP contribution in [0.2, 0.25) is 0 Å². The van der Waals surface area contributed by atoms with E-state index in [1.54, 1.807) is 17.9 Å². The largest absolute Gasteiger partial charge is 0.360 e. The molecule has 3 heterocycles. The number of carbonyl (C=O) groups is 1. The van der Waals surface area contributed by atoms with Gasteiger partial charge in [0.25, 0.3) is 0 Å². The normalized spacial score (nSPS) is 15.4. The van der Waals surface area contributed by atoms with Gasteiger partial charge >= 0.3 is 6.03 Å². The third kappa shape index (κ3) is 3.28. The number of imidazole rings is 1. The summed E-state index contributed by atoms with van der Waals surface area (Å²) in [7, 11) is 0. The van der Waals surface area contributed by atoms with Crippen LogP contribution in [0.15, 0.2) is 34.9 Å². The summed E-state index contributed by atoms with van der Waals surface area (Å²) in [6.45, 7) is 4.69. The zero-order valence-corrected chi connectivity index (χ0v) is 14.0. The number of benzene rings is 1. The molecule has 3 aromatic rings. The van der Waals surface area contributed by atoms with Crippen LogP contribution in [0.25, 0.3) is 11.0 Å². The molecule has 0 aliphatic carbocycles. The van der Waals surface area contributed by atoms with Crippen molar-refractivity contribution in [2.45, 2.75) is 13.3 Å². The number of rotatable bonds is 2. The molecule has 0 bridgehead atoms. The Hall–Kier alpha value is -3.03. The molecular formula is C17H20N6O2. The van der Waals surface area contributed by atoms with Crippen molar-refractivity contribution in [3.05, 3.63) is 36.1 Å². The van der Waals surface area contributed by atoms with Gasteiger partial charge < -0.3 is 19.3 Å². The van der Waals surface area contributed by atoms with Gasteiger partial charge in [-0.05, 0) is 25.5 Å². The maximum absolute atomic E-state index is 12.4. The molecule has 1 aliphatic heterocycles. The van der Waals surface area contributed by atoms with Crippen LogP contribution >= 0.6 is 0 Å². The molecule has 2 aromatic heterocycles. The highest BCUT2D eigenvalue weighted by atomic mass is 16.5. The molecular weight excluding hydrogens is 320 g/mol. The van der Waals surface area contributed by atoms with Crippen LogP contribution < -0.4 is 10.2 Å². The summed E-state index contributed by atoms with van der Waals surface area (Å²) in [5.74, 6) is 1.97. The minimum Gasteiger partial charge on any atom is -0.360 e. The van der Waals surface area contributed by atoms with Crippen LogP contribution in [0.4, 0.5) is 16.6 Å². The number of hydrogen-bond acceptors (Lipinski definition) is 5. The average Bonchev–Trinajstić information content (AvgIpc) is 3.13. The highest BCUT2D eigenvalue weighted by molar-refractivity contribution is 5.88. The van der Waals surface area contributed by atoms with E-state index in [0.29, 0.717) is 24.7 Å². The third-order valence-electron chi connectivity index (χ3n) is 4.32. The fourth-order valence-corrected chi connectivity index (χ4v) is 3.04. The number of urea groups is 1. The number of nitrogens with one attached hydrogen (secondary N) is 2. The number of nitrogens with zero attached hydrogens (tertiary/aromatic N) is 4. The van der Waals surface area contributed by atoms with Crippen molar-refractivity contribution in [1.29, 1.82) is 0 Å². The number of hydrogen-bond donors (Lipinski definition) is 2. The van der Waals surface area contributed by atoms with E-state index < -0.39 is 0 Å². The molecule has 4 rings (SSSR count). The first-order valence-corrected chi connectivity index (χ1v) is 8.38. The molecule has 0 unspecified atom stereocenters. The highest BCUT2D eigenvalue weighted by Crippen LogP contribution is 2.18. The molecule has 2 amide bonds. The van der Waals surface area contributed by atoms with E-state index in [2.05, 4.69) is 25.3 Å². The van der Waals surface area contributed by atoms with Crippen molar-refractivity contribution in [3.8, 4) is 0 Å². The van der Waals surface area contributed by atoms with Gasteiger partial charge in [-0.15, -0.1) is 0 Å². The first-order valence-electron chi connectivity index (χ1n) is 8.38. The molecule has 1 aliphatic rings. The first-order chi connectivity index (χ1) is 12.2. The van der Waals surface area contributed by atoms with Crippen molar-refractivity contribution in [2.24, 2.45) is 0 Å². The fraction of sp³-hybridized carbons (Fsp3) is 0.353. The lowest BCUT2D eigenvalue weighted by molar-refractivity contribution is 0.215. The van der Waals surface area contributed by atoms with Gasteiger partial charge in [0.2, 0.25) is 5.95 Å². The minimum atomic E-state index is -0.153. The van der Waals surface area contributed by atoms with Crippen LogP contribution in [-0.4, -0.2) is 52.2 Å². The lowest BCUT2D eigenvalue weighted by Gasteiger charge is -2.21. The van der Waals surface area contributed by atoms with Crippen molar-refractivity contribution >= 4 is 28.8 Å². The smallest absolute Gasteiger partial charge is 0.323 e. The highest BCUT2D eigenvalue weighted by Gasteiger charge is 2.21. The van der Waals surface area contributed by atoms with E-state index >= 15 is 0 Å². The lowest BCUT2D eigenvalue weighted by atomic mass is 10.3. The van der Waals surface area contributed by atoms with Gasteiger partial charge in [0.05, 0.1) is 11.0 Å². The van der Waals surface area contributed by atoms with Gasteiger partial charge in [-0.1, -0.05) is 17.3 Å². The number of carbonyl (C=O) groups excluding carboxylic acids is 1. The summed E-state index contributed by atoms with van der Waals surface area (Å²) < 4.78 is 4.98. The van der Waals surface area contributed by atoms with Gasteiger partial charge in [-0.2, -0.15) is 0 Å². The Labute approximate surface area is 144 Å². The average molecular weight is 340 g/mol. The van der Waals surface area contributed by atoms with Gasteiger partial charge in [0, 0.05) is 32.2 Å². The van der Waals surface area contributed by atoms with Crippen LogP contribution in [0.5, 0.6) is 0 Å². The predicted molar refractivity (Wildman–Crippen MR) is 94.8 cm³/mol. The van der Waals surface area contributed by atoms with Gasteiger partial charge in [0.15, 0.2) is 5.82 Å². The van der Waals surface area contributed by atoms with E-state index in [9.17, 15) is 4.79 Å². The van der Waals surface area contributed by atoms with Crippen molar-refractivity contribution in [2.75, 3.05) is 36.4 Å². The molecule has 1 fully saturated rings. The molecule has 2 N–H and O–H groups in total. The van der Waals surface area contributed by atoms with E-state index in [1.807, 2.05) is 24.3 Å². The van der Waals surface area contributed by atoms with E-state index in [-0.39, 0.29) is 6.03 Å². The molecule has 8 heteroatoms. The van der Waals surface area contributed by atoms with E-state index in [0.717, 1.165) is 36.5 Å². The Kier molecular flexibility index (Phi) is 4.01. The van der Waals surface area contributed by atoms with E-state index in [1.165, 1.54) is 0 Å². The summed E-state index contributed by atoms with van der Waals surface area (Å²) in [5.41, 5.74) is 1.98. The Morgan fingerprint density at radius 3 is 2.92 bits per heavy atom. The quantitative estimate of drug-likeness (QED) is 0.748. The summed E-state index contributed by atoms with van der Waals surface area (Å²) in [6, 6.07) is 9.53. The minimum absolute atomic E-state index is 0.153. The molecule has 0 saturated carbocycles.